The molecule has 0 saturated carbocycles. The average molecular weight is 794 g/mol. The van der Waals surface area contributed by atoms with Gasteiger partial charge in [-0.3, -0.25) is 0 Å². The van der Waals surface area contributed by atoms with Crippen molar-refractivity contribution in [3.05, 3.63) is 30.3 Å². The van der Waals surface area contributed by atoms with Crippen LogP contribution >= 0.6 is 0 Å². The zero-order chi connectivity index (χ0) is 38.4. The molecule has 0 spiro atoms. The van der Waals surface area contributed by atoms with Gasteiger partial charge < -0.3 is 12.3 Å². The monoisotopic (exact) mass is 793 g/mol. The van der Waals surface area contributed by atoms with E-state index in [0.29, 0.717) is 0 Å². The Bertz CT molecular complexity index is 851. The smallest absolute Gasteiger partial charge is 0.413 e. The van der Waals surface area contributed by atoms with Crippen LogP contribution in [0.2, 0.25) is 57.4 Å². The van der Waals surface area contributed by atoms with Crippen molar-refractivity contribution in [2.45, 2.75) is 252 Å². The number of unbranched alkanes of at least 4 members (excludes halogenated alkanes) is 24. The van der Waals surface area contributed by atoms with E-state index >= 15 is 0 Å². The maximum atomic E-state index is 7.64. The molecular weight excluding hydrogens is 701 g/mol. The van der Waals surface area contributed by atoms with Crippen molar-refractivity contribution in [1.29, 1.82) is 0 Å². The van der Waals surface area contributed by atoms with Crippen molar-refractivity contribution >= 4 is 38.9 Å². The molecule has 0 fully saturated rings. The summed E-state index contributed by atoms with van der Waals surface area (Å²) in [5, 5.41) is 1.21. The van der Waals surface area contributed by atoms with Crippen LogP contribution in [0, 0.1) is 0 Å². The first-order chi connectivity index (χ1) is 24.9. The van der Waals surface area contributed by atoms with Gasteiger partial charge in [0.1, 0.15) is 0 Å². The standard InChI is InChI=1S/C45H92O3Si4/c1-10-13-16-19-22-25-28-31-37-42-49(4,5)46-52(45-40-35-34-36-41-45,47-50(6,7)43-38-32-29-26-23-20-17-14-11-2)48-51(8,9)44-39-33-30-27-24-21-18-15-12-3/h34-36,40-41H,10-33,37-39,42-44H2,1-9H3. The highest BCUT2D eigenvalue weighted by molar-refractivity contribution is 6.96. The second kappa shape index (κ2) is 30.1. The van der Waals surface area contributed by atoms with E-state index in [1.54, 1.807) is 0 Å². The van der Waals surface area contributed by atoms with E-state index in [1.807, 2.05) is 0 Å². The quantitative estimate of drug-likeness (QED) is 0.0496. The Balaban J connectivity index is 3.03. The molecule has 0 saturated heterocycles. The van der Waals surface area contributed by atoms with Gasteiger partial charge in [0.15, 0.2) is 25.0 Å². The van der Waals surface area contributed by atoms with Gasteiger partial charge in [-0.1, -0.05) is 224 Å². The summed E-state index contributed by atoms with van der Waals surface area (Å²) in [6.07, 6.45) is 36.9. The van der Waals surface area contributed by atoms with E-state index in [2.05, 4.69) is 90.4 Å². The Morgan fingerprint density at radius 3 is 0.808 bits per heavy atom. The van der Waals surface area contributed by atoms with Crippen LogP contribution in [-0.4, -0.2) is 33.8 Å². The van der Waals surface area contributed by atoms with E-state index in [-0.39, 0.29) is 0 Å². The van der Waals surface area contributed by atoms with Gasteiger partial charge >= 0.3 is 8.80 Å². The van der Waals surface area contributed by atoms with Crippen LogP contribution in [-0.2, 0) is 12.3 Å². The minimum atomic E-state index is -3.17. The minimum absolute atomic E-state index is 1.19. The molecule has 0 heterocycles. The Labute approximate surface area is 331 Å². The van der Waals surface area contributed by atoms with Crippen LogP contribution in [0.5, 0.6) is 0 Å². The normalized spacial score (nSPS) is 12.9. The molecule has 0 radical (unpaired) electrons. The Kier molecular flexibility index (Phi) is 29.0. The maximum absolute atomic E-state index is 7.64. The number of rotatable bonds is 37. The lowest BCUT2D eigenvalue weighted by molar-refractivity contribution is 0.266. The number of hydrogen-bond donors (Lipinski definition) is 0. The Morgan fingerprint density at radius 2 is 0.558 bits per heavy atom. The van der Waals surface area contributed by atoms with Crippen molar-refractivity contribution < 1.29 is 12.3 Å². The van der Waals surface area contributed by atoms with Crippen molar-refractivity contribution in [3.63, 3.8) is 0 Å². The minimum Gasteiger partial charge on any atom is -0.413 e. The summed E-state index contributed by atoms with van der Waals surface area (Å²) in [6, 6.07) is 14.7. The molecule has 0 atom stereocenters. The highest BCUT2D eigenvalue weighted by Crippen LogP contribution is 2.32. The van der Waals surface area contributed by atoms with Gasteiger partial charge in [0.05, 0.1) is 0 Å². The third kappa shape index (κ3) is 25.9. The zero-order valence-corrected chi connectivity index (χ0v) is 40.8. The van der Waals surface area contributed by atoms with Crippen molar-refractivity contribution in [1.82, 2.24) is 0 Å². The van der Waals surface area contributed by atoms with E-state index in [1.165, 1.54) is 197 Å². The molecule has 0 unspecified atom stereocenters. The lowest BCUT2D eigenvalue weighted by Crippen LogP contribution is -2.68. The zero-order valence-electron chi connectivity index (χ0n) is 36.8. The Hall–Kier alpha value is -0.0325. The summed E-state index contributed by atoms with van der Waals surface area (Å²) >= 11 is 0. The van der Waals surface area contributed by atoms with Gasteiger partial charge in [-0.25, -0.2) is 0 Å². The van der Waals surface area contributed by atoms with Gasteiger partial charge in [-0.05, 0) is 57.4 Å². The summed E-state index contributed by atoms with van der Waals surface area (Å²) in [6.45, 7) is 21.7. The highest BCUT2D eigenvalue weighted by Gasteiger charge is 2.54. The van der Waals surface area contributed by atoms with E-state index in [9.17, 15) is 0 Å². The molecule has 1 rings (SSSR count). The molecule has 0 aliphatic carbocycles. The largest absolute Gasteiger partial charge is 0.505 e. The summed E-state index contributed by atoms with van der Waals surface area (Å²) in [5.74, 6) is 0. The molecule has 1 aromatic rings. The first-order valence-electron chi connectivity index (χ1n) is 23.1. The molecule has 1 aromatic carbocycles. The second-order valence-corrected chi connectivity index (χ2v) is 34.4. The predicted octanol–water partition coefficient (Wildman–Crippen LogP) is 16.1. The predicted molar refractivity (Wildman–Crippen MR) is 244 cm³/mol. The lowest BCUT2D eigenvalue weighted by Gasteiger charge is -2.45. The van der Waals surface area contributed by atoms with Gasteiger partial charge in [-0.2, -0.15) is 0 Å². The molecule has 0 aromatic heterocycles. The summed E-state index contributed by atoms with van der Waals surface area (Å²) in [4.78, 5) is 0. The fourth-order valence-electron chi connectivity index (χ4n) is 7.71. The molecular formula is C45H92O3Si4. The van der Waals surface area contributed by atoms with Crippen molar-refractivity contribution in [3.8, 4) is 0 Å². The van der Waals surface area contributed by atoms with Gasteiger partial charge in [0.25, 0.3) is 0 Å². The fraction of sp³-hybridized carbons (Fsp3) is 0.867. The molecule has 0 aliphatic heterocycles. The first kappa shape index (κ1) is 50.0. The molecule has 0 aliphatic rings. The summed E-state index contributed by atoms with van der Waals surface area (Å²) in [7, 11) is -9.41. The van der Waals surface area contributed by atoms with Crippen LogP contribution in [0.1, 0.15) is 194 Å². The summed E-state index contributed by atoms with van der Waals surface area (Å²) < 4.78 is 22.9. The maximum Gasteiger partial charge on any atom is 0.505 e. The third-order valence-corrected chi connectivity index (χ3v) is 26.6. The lowest BCUT2D eigenvalue weighted by atomic mass is 10.1. The highest BCUT2D eigenvalue weighted by atomic mass is 28.5. The van der Waals surface area contributed by atoms with Gasteiger partial charge in [0, 0.05) is 5.19 Å². The van der Waals surface area contributed by atoms with Crippen LogP contribution in [0.15, 0.2) is 30.3 Å². The second-order valence-electron chi connectivity index (χ2n) is 18.2. The van der Waals surface area contributed by atoms with Crippen LogP contribution in [0.3, 0.4) is 0 Å². The van der Waals surface area contributed by atoms with Crippen LogP contribution < -0.4 is 5.19 Å². The van der Waals surface area contributed by atoms with Crippen molar-refractivity contribution in [2.24, 2.45) is 0 Å². The fourth-order valence-corrected chi connectivity index (χ4v) is 24.6. The number of benzene rings is 1. The average Bonchev–Trinajstić information content (AvgIpc) is 3.09. The van der Waals surface area contributed by atoms with E-state index in [4.69, 9.17) is 12.3 Å². The molecule has 0 bridgehead atoms. The molecule has 52 heavy (non-hydrogen) atoms. The summed E-state index contributed by atoms with van der Waals surface area (Å²) in [5.41, 5.74) is 0. The molecule has 7 heteroatoms. The topological polar surface area (TPSA) is 27.7 Å². The molecule has 3 nitrogen and oxygen atoms in total. The Morgan fingerprint density at radius 1 is 0.327 bits per heavy atom. The van der Waals surface area contributed by atoms with Crippen LogP contribution in [0.25, 0.3) is 0 Å². The van der Waals surface area contributed by atoms with E-state index < -0.39 is 33.8 Å². The molecule has 306 valence electrons. The molecule has 0 amide bonds. The van der Waals surface area contributed by atoms with Crippen LogP contribution in [0.4, 0.5) is 0 Å². The molecule has 0 N–H and O–H groups in total. The van der Waals surface area contributed by atoms with Gasteiger partial charge in [-0.15, -0.1) is 0 Å². The first-order valence-corrected chi connectivity index (χ1v) is 34.1. The third-order valence-electron chi connectivity index (χ3n) is 11.0. The van der Waals surface area contributed by atoms with Gasteiger partial charge in [0.2, 0.25) is 0 Å². The van der Waals surface area contributed by atoms with E-state index in [0.717, 1.165) is 0 Å². The SMILES string of the molecule is CCCCCCCCCCC[Si](C)(C)O[Si](O[Si](C)(C)CCCCCCCCCCC)(O[Si](C)(C)CCCCCCCCCCC)c1ccccc1. The van der Waals surface area contributed by atoms with Crippen molar-refractivity contribution in [2.75, 3.05) is 0 Å². The number of hydrogen-bond acceptors (Lipinski definition) is 3.